The van der Waals surface area contributed by atoms with Crippen molar-refractivity contribution >= 4 is 17.4 Å². The first-order valence-corrected chi connectivity index (χ1v) is 10.9. The van der Waals surface area contributed by atoms with Gasteiger partial charge in [0, 0.05) is 11.1 Å². The molecule has 0 bridgehead atoms. The second-order valence-electron chi connectivity index (χ2n) is 10.6. The van der Waals surface area contributed by atoms with Gasteiger partial charge in [0.25, 0.3) is 5.91 Å². The van der Waals surface area contributed by atoms with Crippen LogP contribution in [0.3, 0.4) is 0 Å². The number of amides is 1. The molecule has 1 aromatic rings. The van der Waals surface area contributed by atoms with Crippen LogP contribution in [0, 0.1) is 23.2 Å². The molecule has 1 aliphatic heterocycles. The number of aliphatic imine (C=N–C) groups is 1. The van der Waals surface area contributed by atoms with Crippen LogP contribution in [0.2, 0.25) is 0 Å². The molecule has 1 amide bonds. The zero-order valence-corrected chi connectivity index (χ0v) is 18.6. The maximum absolute atomic E-state index is 14.6. The Morgan fingerprint density at radius 2 is 1.86 bits per heavy atom. The van der Waals surface area contributed by atoms with Crippen molar-refractivity contribution in [2.75, 3.05) is 12.3 Å². The lowest BCUT2D eigenvalue weighted by Gasteiger charge is -2.50. The van der Waals surface area contributed by atoms with E-state index in [0.29, 0.717) is 29.3 Å². The van der Waals surface area contributed by atoms with Crippen LogP contribution in [0.5, 0.6) is 0 Å². The van der Waals surface area contributed by atoms with Crippen molar-refractivity contribution in [2.45, 2.75) is 72.0 Å². The molecule has 29 heavy (non-hydrogen) atoms. The maximum Gasteiger partial charge on any atom is 0.261 e. The summed E-state index contributed by atoms with van der Waals surface area (Å²) in [4.78, 5) is 20.7. The number of alkyl halides is 1. The summed E-state index contributed by atoms with van der Waals surface area (Å²) in [5, 5.41) is 0. The number of nitrogen functional groups attached to an aromatic ring is 1. The van der Waals surface area contributed by atoms with Gasteiger partial charge in [0.1, 0.15) is 11.5 Å². The van der Waals surface area contributed by atoms with Gasteiger partial charge in [0.15, 0.2) is 5.54 Å². The Morgan fingerprint density at radius 3 is 2.45 bits per heavy atom. The zero-order chi connectivity index (χ0) is 21.4. The van der Waals surface area contributed by atoms with Gasteiger partial charge in [0.05, 0.1) is 6.54 Å². The van der Waals surface area contributed by atoms with Crippen LogP contribution in [-0.2, 0) is 16.8 Å². The lowest BCUT2D eigenvalue weighted by Crippen LogP contribution is -2.54. The van der Waals surface area contributed by atoms with Gasteiger partial charge in [0.2, 0.25) is 0 Å². The van der Waals surface area contributed by atoms with E-state index < -0.39 is 11.2 Å². The summed E-state index contributed by atoms with van der Waals surface area (Å²) in [6.45, 7) is 11.8. The number of nitrogens with zero attached hydrogens (tertiary/aromatic N) is 2. The number of fused-ring (bicyclic) bond motifs is 3. The number of hydrogen-bond donors (Lipinski definition) is 1. The van der Waals surface area contributed by atoms with E-state index in [2.05, 4.69) is 26.8 Å². The van der Waals surface area contributed by atoms with Crippen molar-refractivity contribution in [1.29, 1.82) is 0 Å². The number of halogens is 1. The van der Waals surface area contributed by atoms with E-state index in [9.17, 15) is 9.18 Å². The molecular weight excluding hydrogens is 365 g/mol. The fourth-order valence-corrected chi connectivity index (χ4v) is 6.33. The monoisotopic (exact) mass is 399 g/mol. The van der Waals surface area contributed by atoms with Gasteiger partial charge >= 0.3 is 0 Å². The van der Waals surface area contributed by atoms with E-state index in [0.717, 1.165) is 24.8 Å². The van der Waals surface area contributed by atoms with Gasteiger partial charge in [-0.05, 0) is 81.0 Å². The van der Waals surface area contributed by atoms with Crippen molar-refractivity contribution in [1.82, 2.24) is 4.90 Å². The molecular formula is C24H34FN3O. The number of anilines is 1. The summed E-state index contributed by atoms with van der Waals surface area (Å²) in [7, 11) is 0. The van der Waals surface area contributed by atoms with Crippen LogP contribution < -0.4 is 5.73 Å². The molecule has 3 aliphatic rings. The summed E-state index contributed by atoms with van der Waals surface area (Å²) < 4.78 is 14.6. The summed E-state index contributed by atoms with van der Waals surface area (Å²) in [5.74, 6) is 2.15. The highest BCUT2D eigenvalue weighted by Gasteiger charge is 2.67. The van der Waals surface area contributed by atoms with Crippen molar-refractivity contribution in [2.24, 2.45) is 28.2 Å². The van der Waals surface area contributed by atoms with Crippen LogP contribution >= 0.6 is 0 Å². The lowest BCUT2D eigenvalue weighted by atomic mass is 9.55. The first kappa shape index (κ1) is 20.4. The average molecular weight is 400 g/mol. The third-order valence-electron chi connectivity index (χ3n) is 7.85. The number of amidine groups is 1. The fraction of sp³-hybridized carbons (Fsp3) is 0.667. The van der Waals surface area contributed by atoms with E-state index in [1.807, 2.05) is 19.1 Å². The van der Waals surface area contributed by atoms with Gasteiger partial charge in [-0.1, -0.05) is 26.8 Å². The molecule has 1 fully saturated rings. The number of carbonyl (C=O) groups excluding carboxylic acids is 1. The number of benzene rings is 1. The van der Waals surface area contributed by atoms with E-state index in [1.165, 1.54) is 19.4 Å². The fourth-order valence-electron chi connectivity index (χ4n) is 6.33. The quantitative estimate of drug-likeness (QED) is 0.732. The molecule has 2 aliphatic carbocycles. The average Bonchev–Trinajstić information content (AvgIpc) is 2.99. The Kier molecular flexibility index (Phi) is 4.42. The van der Waals surface area contributed by atoms with Gasteiger partial charge in [-0.3, -0.25) is 14.7 Å². The topological polar surface area (TPSA) is 58.7 Å². The molecule has 158 valence electrons. The van der Waals surface area contributed by atoms with Crippen LogP contribution in [0.15, 0.2) is 23.2 Å². The molecule has 2 spiro atoms. The third kappa shape index (κ3) is 2.83. The summed E-state index contributed by atoms with van der Waals surface area (Å²) in [6.07, 6.45) is 2.73. The van der Waals surface area contributed by atoms with Crippen molar-refractivity contribution in [3.63, 3.8) is 0 Å². The molecule has 4 nitrogen and oxygen atoms in total. The lowest BCUT2D eigenvalue weighted by molar-refractivity contribution is -0.140. The normalized spacial score (nSPS) is 36.8. The maximum atomic E-state index is 14.6. The van der Waals surface area contributed by atoms with Crippen LogP contribution in [0.1, 0.15) is 65.5 Å². The smallest absolute Gasteiger partial charge is 0.261 e. The number of carbonyl (C=O) groups is 1. The molecule has 1 heterocycles. The van der Waals surface area contributed by atoms with Crippen LogP contribution in [0.25, 0.3) is 0 Å². The predicted molar refractivity (Wildman–Crippen MR) is 115 cm³/mol. The van der Waals surface area contributed by atoms with Crippen LogP contribution in [0.4, 0.5) is 10.1 Å². The highest BCUT2D eigenvalue weighted by atomic mass is 19.1. The Bertz CT molecular complexity index is 875. The molecule has 5 heteroatoms. The standard InChI is InChI=1S/C24H34FN3O/c1-14-10-23(11-15(2)16(14)3)12-18-7-8-19(26)9-20(18)24(23)21(29)28(17(4)27-24)13-22(5,6)25/h7-9,14-16H,10-13,26H2,1-6H3/t14-,15+,16+,23+,24-/m1/s1. The Labute approximate surface area is 173 Å². The van der Waals surface area contributed by atoms with Gasteiger partial charge in [-0.2, -0.15) is 0 Å². The largest absolute Gasteiger partial charge is 0.399 e. The van der Waals surface area contributed by atoms with E-state index in [4.69, 9.17) is 10.7 Å². The second kappa shape index (κ2) is 6.29. The van der Waals surface area contributed by atoms with Crippen molar-refractivity contribution in [3.8, 4) is 0 Å². The molecule has 1 saturated carbocycles. The highest BCUT2D eigenvalue weighted by Crippen LogP contribution is 2.64. The minimum atomic E-state index is -1.48. The first-order valence-electron chi connectivity index (χ1n) is 10.9. The highest BCUT2D eigenvalue weighted by molar-refractivity contribution is 6.09. The van der Waals surface area contributed by atoms with Crippen molar-refractivity contribution in [3.05, 3.63) is 29.3 Å². The molecule has 1 aromatic carbocycles. The molecule has 4 rings (SSSR count). The van der Waals surface area contributed by atoms with Crippen LogP contribution in [-0.4, -0.2) is 28.9 Å². The third-order valence-corrected chi connectivity index (χ3v) is 7.85. The molecule has 0 aromatic heterocycles. The molecule has 2 N–H and O–H groups in total. The number of nitrogens with two attached hydrogens (primary N) is 1. The molecule has 0 saturated heterocycles. The summed E-state index contributed by atoms with van der Waals surface area (Å²) in [5.41, 5.74) is 6.18. The minimum absolute atomic E-state index is 0.0259. The minimum Gasteiger partial charge on any atom is -0.399 e. The van der Waals surface area contributed by atoms with Crippen molar-refractivity contribution < 1.29 is 9.18 Å². The summed E-state index contributed by atoms with van der Waals surface area (Å²) >= 11 is 0. The van der Waals surface area contributed by atoms with E-state index >= 15 is 0 Å². The Morgan fingerprint density at radius 1 is 1.24 bits per heavy atom. The van der Waals surface area contributed by atoms with E-state index in [1.54, 1.807) is 4.90 Å². The SMILES string of the molecule is CC1=N[C@@]2(C(=O)N1CC(C)(C)F)c1cc(N)ccc1C[C@@]21C[C@@H](C)[C@H](C)[C@@H](C)C1. The van der Waals surface area contributed by atoms with E-state index in [-0.39, 0.29) is 17.9 Å². The Hall–Kier alpha value is -1.91. The molecule has 0 radical (unpaired) electrons. The molecule has 0 unspecified atom stereocenters. The molecule has 5 atom stereocenters. The predicted octanol–water partition coefficient (Wildman–Crippen LogP) is 4.72. The van der Waals surface area contributed by atoms with Gasteiger partial charge in [-0.15, -0.1) is 0 Å². The number of hydrogen-bond acceptors (Lipinski definition) is 3. The van der Waals surface area contributed by atoms with Gasteiger partial charge in [-0.25, -0.2) is 4.39 Å². The number of rotatable bonds is 2. The zero-order valence-electron chi connectivity index (χ0n) is 18.6. The van der Waals surface area contributed by atoms with Gasteiger partial charge < -0.3 is 5.73 Å². The second-order valence-corrected chi connectivity index (χ2v) is 10.6. The first-order chi connectivity index (χ1) is 13.4. The Balaban J connectivity index is 1.90. The summed E-state index contributed by atoms with van der Waals surface area (Å²) in [6, 6.07) is 5.92.